The third kappa shape index (κ3) is 6.46. The van der Waals surface area contributed by atoms with Crippen LogP contribution in [0.2, 0.25) is 0 Å². The van der Waals surface area contributed by atoms with Crippen molar-refractivity contribution in [3.05, 3.63) is 34.9 Å². The first-order valence-electron chi connectivity index (χ1n) is 11.0. The monoisotopic (exact) mass is 342 g/mol. The van der Waals surface area contributed by atoms with Gasteiger partial charge in [-0.25, -0.2) is 0 Å². The van der Waals surface area contributed by atoms with E-state index >= 15 is 0 Å². The second kappa shape index (κ2) is 9.24. The number of benzene rings is 1. The maximum Gasteiger partial charge on any atom is -0.0274 e. The van der Waals surface area contributed by atoms with Crippen LogP contribution in [0.15, 0.2) is 18.2 Å². The van der Waals surface area contributed by atoms with Gasteiger partial charge in [0.2, 0.25) is 0 Å². The summed E-state index contributed by atoms with van der Waals surface area (Å²) in [6, 6.07) is 6.97. The lowest BCUT2D eigenvalue weighted by molar-refractivity contribution is 0.309. The third-order valence-corrected chi connectivity index (χ3v) is 7.11. The highest BCUT2D eigenvalue weighted by atomic mass is 14.4. The predicted octanol–water partition coefficient (Wildman–Crippen LogP) is 8.05. The first-order chi connectivity index (χ1) is 11.9. The summed E-state index contributed by atoms with van der Waals surface area (Å²) >= 11 is 0. The average Bonchev–Trinajstić information content (AvgIpc) is 3.38. The van der Waals surface area contributed by atoms with Gasteiger partial charge < -0.3 is 0 Å². The predicted molar refractivity (Wildman–Crippen MR) is 112 cm³/mol. The van der Waals surface area contributed by atoms with Gasteiger partial charge >= 0.3 is 0 Å². The van der Waals surface area contributed by atoms with E-state index < -0.39 is 0 Å². The molecule has 1 aromatic carbocycles. The molecule has 0 spiro atoms. The van der Waals surface area contributed by atoms with Crippen LogP contribution in [0, 0.1) is 17.8 Å². The standard InChI is InChI=1S/C25H42/c1-6-24(4,5)17-10-8-14-22-15-12-13-21(3)23(22)16-9-11-18-25(7-2)19-20-25/h12-13,15H,6-11,14,16-20H2,1-5H3. The van der Waals surface area contributed by atoms with Crippen molar-refractivity contribution in [2.45, 2.75) is 112 Å². The zero-order chi connectivity index (χ0) is 18.3. The molecule has 0 bridgehead atoms. The first kappa shape index (κ1) is 20.5. The summed E-state index contributed by atoms with van der Waals surface area (Å²) in [6.07, 6.45) is 16.6. The van der Waals surface area contributed by atoms with Crippen LogP contribution < -0.4 is 0 Å². The fourth-order valence-corrected chi connectivity index (χ4v) is 4.21. The third-order valence-electron chi connectivity index (χ3n) is 7.11. The van der Waals surface area contributed by atoms with Gasteiger partial charge in [0.1, 0.15) is 0 Å². The van der Waals surface area contributed by atoms with Crippen molar-refractivity contribution >= 4 is 0 Å². The summed E-state index contributed by atoms with van der Waals surface area (Å²) in [5.41, 5.74) is 6.10. The smallest absolute Gasteiger partial charge is 0.0274 e. The molecular weight excluding hydrogens is 300 g/mol. The molecule has 0 nitrogen and oxygen atoms in total. The minimum Gasteiger partial charge on any atom is -0.0649 e. The van der Waals surface area contributed by atoms with Gasteiger partial charge in [-0.05, 0) is 85.8 Å². The molecule has 1 aliphatic rings. The molecule has 1 fully saturated rings. The van der Waals surface area contributed by atoms with Crippen molar-refractivity contribution in [1.29, 1.82) is 0 Å². The first-order valence-corrected chi connectivity index (χ1v) is 11.0. The molecular formula is C25H42. The van der Waals surface area contributed by atoms with Gasteiger partial charge in [0.05, 0.1) is 0 Å². The van der Waals surface area contributed by atoms with Crippen LogP contribution in [-0.4, -0.2) is 0 Å². The molecule has 0 heteroatoms. The number of aryl methyl sites for hydroxylation is 2. The Bertz CT molecular complexity index is 519. The summed E-state index contributed by atoms with van der Waals surface area (Å²) in [4.78, 5) is 0. The zero-order valence-corrected chi connectivity index (χ0v) is 17.7. The molecule has 0 amide bonds. The van der Waals surface area contributed by atoms with Crippen LogP contribution in [-0.2, 0) is 12.8 Å². The SMILES string of the molecule is CCC(C)(C)CCCCc1cccc(C)c1CCCCC1(CC)CC1. The van der Waals surface area contributed by atoms with E-state index in [4.69, 9.17) is 0 Å². The van der Waals surface area contributed by atoms with Crippen LogP contribution in [0.5, 0.6) is 0 Å². The highest BCUT2D eigenvalue weighted by Gasteiger charge is 2.39. The van der Waals surface area contributed by atoms with Crippen LogP contribution in [0.25, 0.3) is 0 Å². The second-order valence-corrected chi connectivity index (χ2v) is 9.50. The average molecular weight is 343 g/mol. The van der Waals surface area contributed by atoms with Gasteiger partial charge in [-0.15, -0.1) is 0 Å². The highest BCUT2D eigenvalue weighted by Crippen LogP contribution is 2.52. The molecule has 2 rings (SSSR count). The minimum absolute atomic E-state index is 0.521. The van der Waals surface area contributed by atoms with E-state index in [9.17, 15) is 0 Å². The largest absolute Gasteiger partial charge is 0.0649 e. The Hall–Kier alpha value is -0.780. The van der Waals surface area contributed by atoms with E-state index in [1.165, 1.54) is 82.6 Å². The number of hydrogen-bond acceptors (Lipinski definition) is 0. The Labute approximate surface area is 157 Å². The topological polar surface area (TPSA) is 0 Å². The molecule has 1 saturated carbocycles. The Morgan fingerprint density at radius 3 is 2.32 bits per heavy atom. The number of unbranched alkanes of at least 4 members (excludes halogenated alkanes) is 2. The Morgan fingerprint density at radius 2 is 1.68 bits per heavy atom. The normalized spacial score (nSPS) is 16.2. The van der Waals surface area contributed by atoms with E-state index in [0.717, 1.165) is 5.41 Å². The van der Waals surface area contributed by atoms with E-state index in [1.54, 1.807) is 11.1 Å². The molecule has 0 aliphatic heterocycles. The summed E-state index contributed by atoms with van der Waals surface area (Å²) in [5.74, 6) is 0. The molecule has 1 aliphatic carbocycles. The molecule has 0 saturated heterocycles. The van der Waals surface area contributed by atoms with Crippen molar-refractivity contribution in [2.24, 2.45) is 10.8 Å². The van der Waals surface area contributed by atoms with Crippen molar-refractivity contribution in [3.63, 3.8) is 0 Å². The lowest BCUT2D eigenvalue weighted by Gasteiger charge is -2.22. The van der Waals surface area contributed by atoms with E-state index in [-0.39, 0.29) is 0 Å². The fraction of sp³-hybridized carbons (Fsp3) is 0.760. The van der Waals surface area contributed by atoms with Gasteiger partial charge in [0, 0.05) is 0 Å². The maximum absolute atomic E-state index is 2.41. The van der Waals surface area contributed by atoms with Crippen LogP contribution in [0.4, 0.5) is 0 Å². The van der Waals surface area contributed by atoms with Gasteiger partial charge in [-0.3, -0.25) is 0 Å². The summed E-state index contributed by atoms with van der Waals surface area (Å²) in [5, 5.41) is 0. The molecule has 0 unspecified atom stereocenters. The van der Waals surface area contributed by atoms with Crippen LogP contribution in [0.1, 0.15) is 109 Å². The maximum atomic E-state index is 2.41. The second-order valence-electron chi connectivity index (χ2n) is 9.50. The molecule has 0 atom stereocenters. The van der Waals surface area contributed by atoms with E-state index in [0.29, 0.717) is 5.41 Å². The fourth-order valence-electron chi connectivity index (χ4n) is 4.21. The van der Waals surface area contributed by atoms with Crippen molar-refractivity contribution in [2.75, 3.05) is 0 Å². The van der Waals surface area contributed by atoms with Gasteiger partial charge in [0.25, 0.3) is 0 Å². The van der Waals surface area contributed by atoms with Gasteiger partial charge in [-0.2, -0.15) is 0 Å². The molecule has 142 valence electrons. The Morgan fingerprint density at radius 1 is 0.960 bits per heavy atom. The summed E-state index contributed by atoms with van der Waals surface area (Å²) in [6.45, 7) is 11.8. The van der Waals surface area contributed by atoms with E-state index in [2.05, 4.69) is 52.8 Å². The van der Waals surface area contributed by atoms with Gasteiger partial charge in [-0.1, -0.05) is 71.6 Å². The quantitative estimate of drug-likeness (QED) is 0.337. The van der Waals surface area contributed by atoms with Gasteiger partial charge in [0.15, 0.2) is 0 Å². The van der Waals surface area contributed by atoms with Crippen molar-refractivity contribution in [3.8, 4) is 0 Å². The van der Waals surface area contributed by atoms with Crippen LogP contribution in [0.3, 0.4) is 0 Å². The summed E-state index contributed by atoms with van der Waals surface area (Å²) in [7, 11) is 0. The molecule has 0 N–H and O–H groups in total. The molecule has 0 heterocycles. The Balaban J connectivity index is 1.79. The lowest BCUT2D eigenvalue weighted by atomic mass is 9.84. The van der Waals surface area contributed by atoms with E-state index in [1.807, 2.05) is 0 Å². The lowest BCUT2D eigenvalue weighted by Crippen LogP contribution is -2.09. The Kier molecular flexibility index (Phi) is 7.59. The summed E-state index contributed by atoms with van der Waals surface area (Å²) < 4.78 is 0. The molecule has 0 aromatic heterocycles. The molecule has 0 radical (unpaired) electrons. The van der Waals surface area contributed by atoms with Crippen molar-refractivity contribution < 1.29 is 0 Å². The minimum atomic E-state index is 0.521. The highest BCUT2D eigenvalue weighted by molar-refractivity contribution is 5.34. The number of rotatable bonds is 12. The molecule has 25 heavy (non-hydrogen) atoms. The van der Waals surface area contributed by atoms with Crippen molar-refractivity contribution in [1.82, 2.24) is 0 Å². The van der Waals surface area contributed by atoms with Crippen LogP contribution >= 0.6 is 0 Å². The number of hydrogen-bond donors (Lipinski definition) is 0. The molecule has 1 aromatic rings. The zero-order valence-electron chi connectivity index (χ0n) is 17.7.